The number of hydrogen-bond acceptors (Lipinski definition) is 4. The van der Waals surface area contributed by atoms with Gasteiger partial charge in [-0.2, -0.15) is 0 Å². The zero-order chi connectivity index (χ0) is 23.8. The summed E-state index contributed by atoms with van der Waals surface area (Å²) in [5.41, 5.74) is 6.56. The van der Waals surface area contributed by atoms with Gasteiger partial charge >= 0.3 is 0 Å². The third-order valence-corrected chi connectivity index (χ3v) is 6.68. The van der Waals surface area contributed by atoms with Crippen molar-refractivity contribution in [2.24, 2.45) is 0 Å². The summed E-state index contributed by atoms with van der Waals surface area (Å²) >= 11 is 0. The van der Waals surface area contributed by atoms with Crippen molar-refractivity contribution in [2.45, 2.75) is 53.0 Å². The Morgan fingerprint density at radius 2 is 1.73 bits per heavy atom. The van der Waals surface area contributed by atoms with E-state index >= 15 is 0 Å². The number of rotatable bonds is 5. The van der Waals surface area contributed by atoms with Gasteiger partial charge in [-0.1, -0.05) is 51.1 Å². The molecule has 4 rings (SSSR count). The SMILES string of the molecule is Cc1cc(C)c2c(C)c(C(=O)NC[C@@H](c3ccc(C(C)(C)C)cc3)N3CCOCC3)oc2c1. The lowest BCUT2D eigenvalue weighted by molar-refractivity contribution is 0.0161. The van der Waals surface area contributed by atoms with E-state index in [2.05, 4.69) is 68.2 Å². The fourth-order valence-electron chi connectivity index (χ4n) is 4.83. The van der Waals surface area contributed by atoms with E-state index in [9.17, 15) is 4.79 Å². The molecule has 2 heterocycles. The van der Waals surface area contributed by atoms with Crippen LogP contribution < -0.4 is 5.32 Å². The van der Waals surface area contributed by atoms with Crippen LogP contribution in [-0.4, -0.2) is 43.7 Å². The van der Waals surface area contributed by atoms with E-state index in [0.29, 0.717) is 25.5 Å². The molecule has 0 spiro atoms. The highest BCUT2D eigenvalue weighted by Crippen LogP contribution is 2.30. The minimum Gasteiger partial charge on any atom is -0.451 e. The second-order valence-electron chi connectivity index (χ2n) is 10.3. The van der Waals surface area contributed by atoms with E-state index in [1.807, 2.05) is 19.9 Å². The molecule has 33 heavy (non-hydrogen) atoms. The molecule has 3 aromatic rings. The third kappa shape index (κ3) is 4.99. The van der Waals surface area contributed by atoms with Crippen molar-refractivity contribution in [2.75, 3.05) is 32.8 Å². The Morgan fingerprint density at radius 3 is 2.36 bits per heavy atom. The van der Waals surface area contributed by atoms with Gasteiger partial charge in [-0.25, -0.2) is 0 Å². The molecule has 176 valence electrons. The lowest BCUT2D eigenvalue weighted by atomic mass is 9.86. The van der Waals surface area contributed by atoms with Gasteiger partial charge in [-0.3, -0.25) is 9.69 Å². The number of nitrogens with zero attached hydrogens (tertiary/aromatic N) is 1. The quantitative estimate of drug-likeness (QED) is 0.563. The van der Waals surface area contributed by atoms with Crippen LogP contribution in [0.1, 0.15) is 65.2 Å². The number of morpholine rings is 1. The molecular weight excluding hydrogens is 412 g/mol. The molecule has 0 bridgehead atoms. The number of amides is 1. The number of fused-ring (bicyclic) bond motifs is 1. The summed E-state index contributed by atoms with van der Waals surface area (Å²) in [6.45, 7) is 16.4. The molecule has 1 amide bonds. The first-order valence-corrected chi connectivity index (χ1v) is 11.9. The predicted molar refractivity (Wildman–Crippen MR) is 133 cm³/mol. The number of hydrogen-bond donors (Lipinski definition) is 1. The van der Waals surface area contributed by atoms with Gasteiger partial charge in [-0.05, 0) is 54.5 Å². The maximum absolute atomic E-state index is 13.2. The Balaban J connectivity index is 1.57. The molecule has 1 aliphatic heterocycles. The first-order valence-electron chi connectivity index (χ1n) is 11.9. The Kier molecular flexibility index (Phi) is 6.64. The molecule has 1 atom stereocenters. The molecule has 1 aliphatic rings. The number of carbonyl (C=O) groups excluding carboxylic acids is 1. The molecule has 1 saturated heterocycles. The van der Waals surface area contributed by atoms with Crippen LogP contribution in [0.3, 0.4) is 0 Å². The summed E-state index contributed by atoms with van der Waals surface area (Å²) in [4.78, 5) is 15.6. The fraction of sp³-hybridized carbons (Fsp3) is 0.464. The summed E-state index contributed by atoms with van der Waals surface area (Å²) in [6, 6.07) is 13.0. The molecule has 0 unspecified atom stereocenters. The maximum Gasteiger partial charge on any atom is 0.287 e. The van der Waals surface area contributed by atoms with E-state index < -0.39 is 0 Å². The smallest absolute Gasteiger partial charge is 0.287 e. The second-order valence-corrected chi connectivity index (χ2v) is 10.3. The lowest BCUT2D eigenvalue weighted by Crippen LogP contribution is -2.43. The molecule has 1 N–H and O–H groups in total. The molecule has 5 nitrogen and oxygen atoms in total. The van der Waals surface area contributed by atoms with Gasteiger partial charge in [0.05, 0.1) is 19.3 Å². The summed E-state index contributed by atoms with van der Waals surface area (Å²) in [7, 11) is 0. The highest BCUT2D eigenvalue weighted by Gasteiger charge is 2.26. The van der Waals surface area contributed by atoms with E-state index in [4.69, 9.17) is 9.15 Å². The van der Waals surface area contributed by atoms with Gasteiger partial charge in [0.15, 0.2) is 5.76 Å². The average molecular weight is 449 g/mol. The van der Waals surface area contributed by atoms with E-state index in [1.54, 1.807) is 0 Å². The van der Waals surface area contributed by atoms with Crippen LogP contribution in [0.5, 0.6) is 0 Å². The van der Waals surface area contributed by atoms with Crippen molar-refractivity contribution in [3.63, 3.8) is 0 Å². The van der Waals surface area contributed by atoms with Crippen molar-refractivity contribution in [3.8, 4) is 0 Å². The predicted octanol–water partition coefficient (Wildman–Crippen LogP) is 5.46. The number of ether oxygens (including phenoxy) is 1. The van der Waals surface area contributed by atoms with Crippen LogP contribution in [0.4, 0.5) is 0 Å². The number of benzene rings is 2. The summed E-state index contributed by atoms with van der Waals surface area (Å²) in [5.74, 6) is 0.243. The van der Waals surface area contributed by atoms with Crippen LogP contribution in [0.15, 0.2) is 40.8 Å². The first-order chi connectivity index (χ1) is 15.6. The number of furan rings is 1. The summed E-state index contributed by atoms with van der Waals surface area (Å²) in [5, 5.41) is 4.20. The second kappa shape index (κ2) is 9.32. The van der Waals surface area contributed by atoms with Gasteiger partial charge in [0, 0.05) is 30.6 Å². The number of carbonyl (C=O) groups is 1. The minimum atomic E-state index is -0.162. The Hall–Kier alpha value is -2.63. The molecule has 2 aromatic carbocycles. The number of aryl methyl sites for hydroxylation is 3. The normalized spacial score (nSPS) is 16.2. The summed E-state index contributed by atoms with van der Waals surface area (Å²) in [6.07, 6.45) is 0. The average Bonchev–Trinajstić information content (AvgIpc) is 3.10. The van der Waals surface area contributed by atoms with Crippen molar-refractivity contribution < 1.29 is 13.9 Å². The van der Waals surface area contributed by atoms with Crippen LogP contribution in [0, 0.1) is 20.8 Å². The zero-order valence-corrected chi connectivity index (χ0v) is 20.7. The van der Waals surface area contributed by atoms with Crippen molar-refractivity contribution >= 4 is 16.9 Å². The topological polar surface area (TPSA) is 54.7 Å². The van der Waals surface area contributed by atoms with Gasteiger partial charge in [0.2, 0.25) is 0 Å². The van der Waals surface area contributed by atoms with E-state index in [0.717, 1.165) is 40.7 Å². The molecule has 1 aromatic heterocycles. The minimum absolute atomic E-state index is 0.0838. The largest absolute Gasteiger partial charge is 0.451 e. The maximum atomic E-state index is 13.2. The molecule has 0 saturated carbocycles. The molecule has 0 aliphatic carbocycles. The Labute approximate surface area is 197 Å². The Bertz CT molecular complexity index is 1130. The molecule has 1 fully saturated rings. The lowest BCUT2D eigenvalue weighted by Gasteiger charge is -2.35. The molecule has 0 radical (unpaired) electrons. The van der Waals surface area contributed by atoms with Crippen LogP contribution in [0.2, 0.25) is 0 Å². The highest BCUT2D eigenvalue weighted by atomic mass is 16.5. The van der Waals surface area contributed by atoms with Gasteiger partial charge in [0.25, 0.3) is 5.91 Å². The van der Waals surface area contributed by atoms with Gasteiger partial charge < -0.3 is 14.5 Å². The molecular formula is C28H36N2O3. The molecule has 5 heteroatoms. The van der Waals surface area contributed by atoms with Crippen LogP contribution in [0.25, 0.3) is 11.0 Å². The van der Waals surface area contributed by atoms with Crippen LogP contribution >= 0.6 is 0 Å². The first kappa shape index (κ1) is 23.5. The van der Waals surface area contributed by atoms with Crippen molar-refractivity contribution in [1.82, 2.24) is 10.2 Å². The number of nitrogens with one attached hydrogen (secondary N) is 1. The van der Waals surface area contributed by atoms with E-state index in [-0.39, 0.29) is 17.4 Å². The van der Waals surface area contributed by atoms with Crippen LogP contribution in [-0.2, 0) is 10.2 Å². The third-order valence-electron chi connectivity index (χ3n) is 6.68. The highest BCUT2D eigenvalue weighted by molar-refractivity contribution is 6.00. The van der Waals surface area contributed by atoms with Crippen molar-refractivity contribution in [3.05, 3.63) is 70.0 Å². The zero-order valence-electron chi connectivity index (χ0n) is 20.7. The van der Waals surface area contributed by atoms with Crippen molar-refractivity contribution in [1.29, 1.82) is 0 Å². The van der Waals surface area contributed by atoms with Gasteiger partial charge in [0.1, 0.15) is 5.58 Å². The Morgan fingerprint density at radius 1 is 1.06 bits per heavy atom. The summed E-state index contributed by atoms with van der Waals surface area (Å²) < 4.78 is 11.6. The van der Waals surface area contributed by atoms with E-state index in [1.165, 1.54) is 11.1 Å². The monoisotopic (exact) mass is 448 g/mol. The van der Waals surface area contributed by atoms with Gasteiger partial charge in [-0.15, -0.1) is 0 Å². The standard InChI is InChI=1S/C28H36N2O3/c1-18-15-19(2)25-20(3)26(33-24(25)16-18)27(31)29-17-23(30-11-13-32-14-12-30)21-7-9-22(10-8-21)28(4,5)6/h7-10,15-16,23H,11-14,17H2,1-6H3,(H,29,31)/t23-/m0/s1. The fourth-order valence-corrected chi connectivity index (χ4v) is 4.83.